The topological polar surface area (TPSA) is 61.9 Å². The molecule has 0 amide bonds. The third-order valence-electron chi connectivity index (χ3n) is 4.71. The molecule has 0 bridgehead atoms. The SMILES string of the molecule is Cc1nc(-c2ccc(N(C)C(C)c3ccc(F)cc3)nc2)[nH]c(=O)c1C. The summed E-state index contributed by atoms with van der Waals surface area (Å²) in [5.41, 5.74) is 2.93. The molecule has 134 valence electrons. The Hall–Kier alpha value is -3.02. The molecule has 0 radical (unpaired) electrons. The molecule has 1 aromatic carbocycles. The van der Waals surface area contributed by atoms with Crippen molar-refractivity contribution < 1.29 is 4.39 Å². The van der Waals surface area contributed by atoms with E-state index < -0.39 is 0 Å². The predicted molar refractivity (Wildman–Crippen MR) is 101 cm³/mol. The van der Waals surface area contributed by atoms with E-state index in [9.17, 15) is 9.18 Å². The highest BCUT2D eigenvalue weighted by Gasteiger charge is 2.14. The summed E-state index contributed by atoms with van der Waals surface area (Å²) >= 11 is 0. The number of H-pyrrole nitrogens is 1. The number of pyridine rings is 1. The van der Waals surface area contributed by atoms with E-state index in [0.717, 1.165) is 16.9 Å². The van der Waals surface area contributed by atoms with Gasteiger partial charge in [-0.05, 0) is 50.6 Å². The van der Waals surface area contributed by atoms with Crippen LogP contribution >= 0.6 is 0 Å². The molecule has 3 rings (SSSR count). The van der Waals surface area contributed by atoms with Crippen LogP contribution in [-0.2, 0) is 0 Å². The number of nitrogens with zero attached hydrogens (tertiary/aromatic N) is 3. The maximum absolute atomic E-state index is 13.1. The summed E-state index contributed by atoms with van der Waals surface area (Å²) in [6.07, 6.45) is 1.69. The van der Waals surface area contributed by atoms with Gasteiger partial charge in [0.25, 0.3) is 5.56 Å². The van der Waals surface area contributed by atoms with Crippen LogP contribution < -0.4 is 10.5 Å². The second kappa shape index (κ2) is 7.07. The van der Waals surface area contributed by atoms with Crippen LogP contribution in [0.1, 0.15) is 29.8 Å². The second-order valence-corrected chi connectivity index (χ2v) is 6.37. The Morgan fingerprint density at radius 3 is 2.38 bits per heavy atom. The normalized spacial score (nSPS) is 12.0. The minimum absolute atomic E-state index is 0.0356. The first-order chi connectivity index (χ1) is 12.4. The van der Waals surface area contributed by atoms with Crippen molar-refractivity contribution in [3.63, 3.8) is 0 Å². The van der Waals surface area contributed by atoms with E-state index in [1.807, 2.05) is 37.9 Å². The van der Waals surface area contributed by atoms with Gasteiger partial charge < -0.3 is 9.88 Å². The molecule has 0 saturated heterocycles. The summed E-state index contributed by atoms with van der Waals surface area (Å²) in [5, 5.41) is 0. The quantitative estimate of drug-likeness (QED) is 0.776. The Bertz CT molecular complexity index is 965. The fraction of sp³-hybridized carbons (Fsp3) is 0.250. The van der Waals surface area contributed by atoms with Crippen molar-refractivity contribution in [3.8, 4) is 11.4 Å². The average molecular weight is 352 g/mol. The number of benzene rings is 1. The van der Waals surface area contributed by atoms with Crippen molar-refractivity contribution in [2.75, 3.05) is 11.9 Å². The molecule has 5 nitrogen and oxygen atoms in total. The van der Waals surface area contributed by atoms with E-state index >= 15 is 0 Å². The van der Waals surface area contributed by atoms with E-state index in [4.69, 9.17) is 0 Å². The number of aromatic amines is 1. The first kappa shape index (κ1) is 17.8. The number of hydrogen-bond donors (Lipinski definition) is 1. The van der Waals surface area contributed by atoms with Gasteiger partial charge in [-0.1, -0.05) is 12.1 Å². The maximum Gasteiger partial charge on any atom is 0.254 e. The van der Waals surface area contributed by atoms with Crippen molar-refractivity contribution >= 4 is 5.82 Å². The number of anilines is 1. The van der Waals surface area contributed by atoms with Crippen molar-refractivity contribution in [2.45, 2.75) is 26.8 Å². The van der Waals surface area contributed by atoms with Crippen LogP contribution in [0.5, 0.6) is 0 Å². The van der Waals surface area contributed by atoms with Gasteiger partial charge in [-0.3, -0.25) is 4.79 Å². The van der Waals surface area contributed by atoms with Crippen molar-refractivity contribution in [1.29, 1.82) is 0 Å². The summed E-state index contributed by atoms with van der Waals surface area (Å²) in [5.74, 6) is 1.03. The zero-order valence-corrected chi connectivity index (χ0v) is 15.2. The molecule has 26 heavy (non-hydrogen) atoms. The molecule has 0 spiro atoms. The molecule has 0 aliphatic heterocycles. The van der Waals surface area contributed by atoms with Crippen molar-refractivity contribution in [1.82, 2.24) is 15.0 Å². The number of rotatable bonds is 4. The Morgan fingerprint density at radius 1 is 1.12 bits per heavy atom. The third kappa shape index (κ3) is 3.49. The van der Waals surface area contributed by atoms with Gasteiger partial charge in [0.05, 0.1) is 6.04 Å². The molecule has 3 aromatic rings. The summed E-state index contributed by atoms with van der Waals surface area (Å²) < 4.78 is 13.1. The monoisotopic (exact) mass is 352 g/mol. The lowest BCUT2D eigenvalue weighted by Gasteiger charge is -2.26. The molecule has 1 unspecified atom stereocenters. The average Bonchev–Trinajstić information content (AvgIpc) is 2.65. The predicted octanol–water partition coefficient (Wildman–Crippen LogP) is 3.79. The van der Waals surface area contributed by atoms with Crippen molar-refractivity contribution in [3.05, 3.63) is 75.6 Å². The molecule has 0 saturated carbocycles. The largest absolute Gasteiger partial charge is 0.353 e. The number of halogens is 1. The number of hydrogen-bond acceptors (Lipinski definition) is 4. The smallest absolute Gasteiger partial charge is 0.254 e. The molecule has 2 aromatic heterocycles. The van der Waals surface area contributed by atoms with Crippen LogP contribution in [0.25, 0.3) is 11.4 Å². The molecular formula is C20H21FN4O. The Kier molecular flexibility index (Phi) is 4.84. The van der Waals surface area contributed by atoms with Gasteiger partial charge in [0.15, 0.2) is 0 Å². The van der Waals surface area contributed by atoms with E-state index in [1.165, 1.54) is 12.1 Å². The zero-order chi connectivity index (χ0) is 18.8. The van der Waals surface area contributed by atoms with Crippen LogP contribution in [0.2, 0.25) is 0 Å². The van der Waals surface area contributed by atoms with Crippen LogP contribution in [0.15, 0.2) is 47.4 Å². The zero-order valence-electron chi connectivity index (χ0n) is 15.2. The highest BCUT2D eigenvalue weighted by Crippen LogP contribution is 2.25. The van der Waals surface area contributed by atoms with Crippen LogP contribution in [-0.4, -0.2) is 22.0 Å². The molecule has 2 heterocycles. The van der Waals surface area contributed by atoms with Crippen LogP contribution in [0.4, 0.5) is 10.2 Å². The van der Waals surface area contributed by atoms with Gasteiger partial charge in [-0.2, -0.15) is 0 Å². The van der Waals surface area contributed by atoms with E-state index in [0.29, 0.717) is 17.1 Å². The van der Waals surface area contributed by atoms with Gasteiger partial charge in [0.1, 0.15) is 17.5 Å². The van der Waals surface area contributed by atoms with Gasteiger partial charge in [0, 0.05) is 30.1 Å². The van der Waals surface area contributed by atoms with Crippen molar-refractivity contribution in [2.24, 2.45) is 0 Å². The lowest BCUT2D eigenvalue weighted by Crippen LogP contribution is -2.22. The summed E-state index contributed by atoms with van der Waals surface area (Å²) in [7, 11) is 1.94. The minimum atomic E-state index is -0.249. The molecule has 0 aliphatic rings. The Balaban J connectivity index is 1.85. The third-order valence-corrected chi connectivity index (χ3v) is 4.71. The Labute approximate surface area is 151 Å². The fourth-order valence-corrected chi connectivity index (χ4v) is 2.68. The molecule has 1 N–H and O–H groups in total. The fourth-order valence-electron chi connectivity index (χ4n) is 2.68. The summed E-state index contributed by atoms with van der Waals surface area (Å²) in [6.45, 7) is 5.59. The highest BCUT2D eigenvalue weighted by molar-refractivity contribution is 5.57. The second-order valence-electron chi connectivity index (χ2n) is 6.37. The standard InChI is InChI=1S/C20H21FN4O/c1-12-13(2)23-19(24-20(12)26)16-7-10-18(22-11-16)25(4)14(3)15-5-8-17(21)9-6-15/h5-11,14H,1-4H3,(H,23,24,26). The van der Waals surface area contributed by atoms with Gasteiger partial charge >= 0.3 is 0 Å². The molecule has 6 heteroatoms. The number of aryl methyl sites for hydroxylation is 1. The Morgan fingerprint density at radius 2 is 1.81 bits per heavy atom. The summed E-state index contributed by atoms with van der Waals surface area (Å²) in [6, 6.07) is 10.3. The van der Waals surface area contributed by atoms with Gasteiger partial charge in [-0.25, -0.2) is 14.4 Å². The van der Waals surface area contributed by atoms with Crippen LogP contribution in [0, 0.1) is 19.7 Å². The minimum Gasteiger partial charge on any atom is -0.353 e. The first-order valence-corrected chi connectivity index (χ1v) is 8.39. The van der Waals surface area contributed by atoms with E-state index in [-0.39, 0.29) is 17.4 Å². The molecule has 0 aliphatic carbocycles. The first-order valence-electron chi connectivity index (χ1n) is 8.39. The number of aromatic nitrogens is 3. The lowest BCUT2D eigenvalue weighted by molar-refractivity contribution is 0.625. The van der Waals surface area contributed by atoms with Gasteiger partial charge in [0.2, 0.25) is 0 Å². The molecular weight excluding hydrogens is 331 g/mol. The lowest BCUT2D eigenvalue weighted by atomic mass is 10.1. The number of nitrogens with one attached hydrogen (secondary N) is 1. The van der Waals surface area contributed by atoms with E-state index in [1.54, 1.807) is 25.3 Å². The summed E-state index contributed by atoms with van der Waals surface area (Å²) in [4.78, 5) is 25.6. The van der Waals surface area contributed by atoms with Gasteiger partial charge in [-0.15, -0.1) is 0 Å². The molecule has 1 atom stereocenters. The van der Waals surface area contributed by atoms with E-state index in [2.05, 4.69) is 15.0 Å². The van der Waals surface area contributed by atoms with Crippen LogP contribution in [0.3, 0.4) is 0 Å². The molecule has 0 fully saturated rings. The highest BCUT2D eigenvalue weighted by atomic mass is 19.1. The maximum atomic E-state index is 13.1.